The molecule has 0 bridgehead atoms. The summed E-state index contributed by atoms with van der Waals surface area (Å²) in [6.45, 7) is 6.98. The number of unbranched alkanes of at least 4 members (excludes halogenated alkanes) is 1. The molecular formula is C25H34N2O3S. The second-order valence-corrected chi connectivity index (χ2v) is 10.5. The number of carbonyl (C=O) groups is 1. The number of nitrogens with zero attached hydrogens (tertiary/aromatic N) is 2. The minimum absolute atomic E-state index is 0.0776. The molecular weight excluding hydrogens is 408 g/mol. The maximum atomic E-state index is 13.5. The van der Waals surface area contributed by atoms with E-state index in [1.807, 2.05) is 66.4 Å². The van der Waals surface area contributed by atoms with Gasteiger partial charge in [0.15, 0.2) is 0 Å². The molecule has 1 heterocycles. The summed E-state index contributed by atoms with van der Waals surface area (Å²) in [4.78, 5) is 15.4. The van der Waals surface area contributed by atoms with Crippen LogP contribution in [0.5, 0.6) is 0 Å². The van der Waals surface area contributed by atoms with Crippen LogP contribution in [0.25, 0.3) is 0 Å². The SMILES string of the molecule is CCCC[C@H](C)N1CCN(S(=O)(=O)Cc2ccc(C)cc2)C(Cc2ccccc2)C1=O. The minimum Gasteiger partial charge on any atom is -0.337 e. The molecule has 2 atom stereocenters. The Morgan fingerprint density at radius 1 is 1.00 bits per heavy atom. The highest BCUT2D eigenvalue weighted by atomic mass is 32.2. The van der Waals surface area contributed by atoms with E-state index in [1.165, 1.54) is 4.31 Å². The molecule has 168 valence electrons. The number of sulfonamides is 1. The van der Waals surface area contributed by atoms with Gasteiger partial charge in [-0.1, -0.05) is 79.9 Å². The fraction of sp³-hybridized carbons (Fsp3) is 0.480. The zero-order valence-electron chi connectivity index (χ0n) is 18.8. The molecule has 5 nitrogen and oxygen atoms in total. The maximum Gasteiger partial charge on any atom is 0.241 e. The first kappa shape index (κ1) is 23.5. The van der Waals surface area contributed by atoms with Gasteiger partial charge in [0.1, 0.15) is 6.04 Å². The van der Waals surface area contributed by atoms with Crippen molar-refractivity contribution in [3.8, 4) is 0 Å². The van der Waals surface area contributed by atoms with Crippen molar-refractivity contribution < 1.29 is 13.2 Å². The van der Waals surface area contributed by atoms with E-state index in [1.54, 1.807) is 0 Å². The molecule has 0 aromatic heterocycles. The number of carbonyl (C=O) groups excluding carboxylic acids is 1. The van der Waals surface area contributed by atoms with Crippen LogP contribution in [0.1, 0.15) is 49.8 Å². The fourth-order valence-corrected chi connectivity index (χ4v) is 5.91. The Morgan fingerprint density at radius 2 is 1.68 bits per heavy atom. The van der Waals surface area contributed by atoms with Crippen LogP contribution >= 0.6 is 0 Å². The van der Waals surface area contributed by atoms with Gasteiger partial charge in [-0.2, -0.15) is 4.31 Å². The third-order valence-electron chi connectivity index (χ3n) is 6.08. The van der Waals surface area contributed by atoms with E-state index < -0.39 is 16.1 Å². The summed E-state index contributed by atoms with van der Waals surface area (Å²) in [6.07, 6.45) is 3.47. The highest BCUT2D eigenvalue weighted by molar-refractivity contribution is 7.88. The van der Waals surface area contributed by atoms with Crippen LogP contribution in [-0.2, 0) is 27.0 Å². The average Bonchev–Trinajstić information content (AvgIpc) is 2.75. The van der Waals surface area contributed by atoms with Gasteiger partial charge in [0.25, 0.3) is 0 Å². The Balaban J connectivity index is 1.86. The Hall–Kier alpha value is -2.18. The van der Waals surface area contributed by atoms with Crippen molar-refractivity contribution in [2.75, 3.05) is 13.1 Å². The summed E-state index contributed by atoms with van der Waals surface area (Å²) in [5.41, 5.74) is 2.81. The third-order valence-corrected chi connectivity index (χ3v) is 7.93. The normalized spacial score (nSPS) is 18.9. The number of piperazine rings is 1. The van der Waals surface area contributed by atoms with E-state index in [9.17, 15) is 13.2 Å². The van der Waals surface area contributed by atoms with Crippen molar-refractivity contribution in [2.45, 2.75) is 64.3 Å². The van der Waals surface area contributed by atoms with E-state index >= 15 is 0 Å². The molecule has 6 heteroatoms. The summed E-state index contributed by atoms with van der Waals surface area (Å²) in [5, 5.41) is 0. The lowest BCUT2D eigenvalue weighted by Crippen LogP contribution is -2.61. The Labute approximate surface area is 187 Å². The van der Waals surface area contributed by atoms with Gasteiger partial charge in [0.05, 0.1) is 5.75 Å². The number of aryl methyl sites for hydroxylation is 1. The van der Waals surface area contributed by atoms with E-state index in [-0.39, 0.29) is 17.7 Å². The molecule has 1 fully saturated rings. The number of benzene rings is 2. The summed E-state index contributed by atoms with van der Waals surface area (Å²) >= 11 is 0. The number of hydrogen-bond acceptors (Lipinski definition) is 3. The number of hydrogen-bond donors (Lipinski definition) is 0. The monoisotopic (exact) mass is 442 g/mol. The van der Waals surface area contributed by atoms with Crippen molar-refractivity contribution in [3.63, 3.8) is 0 Å². The van der Waals surface area contributed by atoms with Crippen LogP contribution < -0.4 is 0 Å². The first-order chi connectivity index (χ1) is 14.8. The zero-order valence-corrected chi connectivity index (χ0v) is 19.6. The highest BCUT2D eigenvalue weighted by Crippen LogP contribution is 2.25. The summed E-state index contributed by atoms with van der Waals surface area (Å²) in [7, 11) is -3.63. The van der Waals surface area contributed by atoms with Crippen molar-refractivity contribution >= 4 is 15.9 Å². The lowest BCUT2D eigenvalue weighted by Gasteiger charge is -2.42. The van der Waals surface area contributed by atoms with Crippen LogP contribution in [-0.4, -0.2) is 48.7 Å². The first-order valence-electron chi connectivity index (χ1n) is 11.2. The van der Waals surface area contributed by atoms with Gasteiger partial charge in [-0.3, -0.25) is 4.79 Å². The molecule has 1 unspecified atom stereocenters. The van der Waals surface area contributed by atoms with Gasteiger partial charge in [-0.15, -0.1) is 0 Å². The quantitative estimate of drug-likeness (QED) is 0.586. The topological polar surface area (TPSA) is 57.7 Å². The van der Waals surface area contributed by atoms with E-state index in [0.717, 1.165) is 36.0 Å². The largest absolute Gasteiger partial charge is 0.337 e. The van der Waals surface area contributed by atoms with Crippen LogP contribution in [0, 0.1) is 6.92 Å². The molecule has 31 heavy (non-hydrogen) atoms. The van der Waals surface area contributed by atoms with Crippen molar-refractivity contribution in [1.29, 1.82) is 0 Å². The molecule has 2 aromatic rings. The lowest BCUT2D eigenvalue weighted by molar-refractivity contribution is -0.141. The Morgan fingerprint density at radius 3 is 2.32 bits per heavy atom. The molecule has 1 amide bonds. The zero-order chi connectivity index (χ0) is 22.4. The van der Waals surface area contributed by atoms with Crippen LogP contribution in [0.3, 0.4) is 0 Å². The van der Waals surface area contributed by atoms with Gasteiger partial charge in [-0.25, -0.2) is 8.42 Å². The standard InChI is InChI=1S/C25H34N2O3S/c1-4-5-9-21(3)26-16-17-27(24(25(26)28)18-22-10-7-6-8-11-22)31(29,30)19-23-14-12-20(2)13-15-23/h6-8,10-15,21,24H,4-5,9,16-19H2,1-3H3/t21-,24?/m0/s1. The fourth-order valence-electron chi connectivity index (χ4n) is 4.22. The van der Waals surface area contributed by atoms with Gasteiger partial charge in [0, 0.05) is 19.1 Å². The lowest BCUT2D eigenvalue weighted by atomic mass is 10.0. The Kier molecular flexibility index (Phi) is 7.89. The Bertz CT molecular complexity index is 958. The summed E-state index contributed by atoms with van der Waals surface area (Å²) in [5.74, 6) is -0.164. The number of amides is 1. The first-order valence-corrected chi connectivity index (χ1v) is 12.8. The van der Waals surface area contributed by atoms with E-state index in [0.29, 0.717) is 19.5 Å². The molecule has 0 saturated carbocycles. The number of rotatable bonds is 9. The second-order valence-electron chi connectivity index (χ2n) is 8.58. The van der Waals surface area contributed by atoms with E-state index in [2.05, 4.69) is 13.8 Å². The molecule has 0 aliphatic carbocycles. The van der Waals surface area contributed by atoms with Crippen LogP contribution in [0.15, 0.2) is 54.6 Å². The second kappa shape index (κ2) is 10.4. The van der Waals surface area contributed by atoms with Crippen molar-refractivity contribution in [2.24, 2.45) is 0 Å². The third kappa shape index (κ3) is 5.95. The van der Waals surface area contributed by atoms with Gasteiger partial charge >= 0.3 is 0 Å². The molecule has 1 aliphatic rings. The predicted molar refractivity (Wildman–Crippen MR) is 125 cm³/mol. The average molecular weight is 443 g/mol. The van der Waals surface area contributed by atoms with E-state index in [4.69, 9.17) is 0 Å². The molecule has 3 rings (SSSR count). The molecule has 1 aliphatic heterocycles. The molecule has 2 aromatic carbocycles. The van der Waals surface area contributed by atoms with Gasteiger partial charge in [-0.05, 0) is 37.8 Å². The van der Waals surface area contributed by atoms with Crippen LogP contribution in [0.2, 0.25) is 0 Å². The highest BCUT2D eigenvalue weighted by Gasteiger charge is 2.42. The summed E-state index contributed by atoms with van der Waals surface area (Å²) < 4.78 is 28.2. The smallest absolute Gasteiger partial charge is 0.241 e. The minimum atomic E-state index is -3.63. The van der Waals surface area contributed by atoms with Crippen molar-refractivity contribution in [1.82, 2.24) is 9.21 Å². The van der Waals surface area contributed by atoms with Crippen molar-refractivity contribution in [3.05, 3.63) is 71.3 Å². The summed E-state index contributed by atoms with van der Waals surface area (Å²) in [6, 6.07) is 16.7. The van der Waals surface area contributed by atoms with Gasteiger partial charge < -0.3 is 4.90 Å². The molecule has 0 spiro atoms. The van der Waals surface area contributed by atoms with Crippen LogP contribution in [0.4, 0.5) is 0 Å². The molecule has 0 N–H and O–H groups in total. The molecule has 0 radical (unpaired) electrons. The maximum absolute atomic E-state index is 13.5. The van der Waals surface area contributed by atoms with Gasteiger partial charge in [0.2, 0.25) is 15.9 Å². The predicted octanol–water partition coefficient (Wildman–Crippen LogP) is 4.16. The molecule has 1 saturated heterocycles.